The number of hydrogen-bond acceptors (Lipinski definition) is 6. The zero-order chi connectivity index (χ0) is 21.3. The highest BCUT2D eigenvalue weighted by Gasteiger charge is 2.22. The Kier molecular flexibility index (Phi) is 7.48. The summed E-state index contributed by atoms with van der Waals surface area (Å²) in [7, 11) is 1.58. The van der Waals surface area contributed by atoms with Crippen LogP contribution in [0.1, 0.15) is 6.42 Å². The van der Waals surface area contributed by atoms with Crippen molar-refractivity contribution in [3.63, 3.8) is 0 Å². The van der Waals surface area contributed by atoms with E-state index in [1.165, 1.54) is 12.1 Å². The number of piperazine rings is 1. The minimum absolute atomic E-state index is 0.0532. The van der Waals surface area contributed by atoms with E-state index in [1.807, 2.05) is 0 Å². The van der Waals surface area contributed by atoms with Gasteiger partial charge in [-0.1, -0.05) is 0 Å². The first kappa shape index (κ1) is 21.4. The number of nitrogens with zero attached hydrogens (tertiary/aromatic N) is 2. The van der Waals surface area contributed by atoms with Gasteiger partial charge in [-0.15, -0.1) is 0 Å². The zero-order valence-electron chi connectivity index (χ0n) is 16.9. The number of rotatable bonds is 8. The number of anilines is 1. The summed E-state index contributed by atoms with van der Waals surface area (Å²) in [5, 5.41) is 0. The fraction of sp³-hybridized carbons (Fsp3) is 0.364. The number of ether oxygens (including phenoxy) is 3. The van der Waals surface area contributed by atoms with Crippen LogP contribution in [0.5, 0.6) is 11.5 Å². The summed E-state index contributed by atoms with van der Waals surface area (Å²) in [5.74, 6) is 0.362. The van der Waals surface area contributed by atoms with Crippen LogP contribution in [-0.4, -0.2) is 63.3 Å². The predicted molar refractivity (Wildman–Crippen MR) is 109 cm³/mol. The number of hydrogen-bond donors (Lipinski definition) is 0. The highest BCUT2D eigenvalue weighted by Crippen LogP contribution is 2.18. The molecule has 3 rings (SSSR count). The molecule has 1 amide bonds. The Labute approximate surface area is 174 Å². The van der Waals surface area contributed by atoms with Crippen molar-refractivity contribution in [3.05, 3.63) is 54.3 Å². The summed E-state index contributed by atoms with van der Waals surface area (Å²) in [5.41, 5.74) is 0.923. The van der Waals surface area contributed by atoms with E-state index >= 15 is 0 Å². The SMILES string of the molecule is COc1ccc(OCCC(=O)OCC(=O)N2CCN(c3ccc(F)cc3)CC2)cc1. The average Bonchev–Trinajstić information content (AvgIpc) is 2.78. The summed E-state index contributed by atoms with van der Waals surface area (Å²) in [6.07, 6.45) is 0.0532. The van der Waals surface area contributed by atoms with Gasteiger partial charge in [-0.3, -0.25) is 9.59 Å². The van der Waals surface area contributed by atoms with Crippen molar-refractivity contribution < 1.29 is 28.2 Å². The normalized spacial score (nSPS) is 13.7. The van der Waals surface area contributed by atoms with Crippen LogP contribution < -0.4 is 14.4 Å². The summed E-state index contributed by atoms with van der Waals surface area (Å²) in [6, 6.07) is 13.3. The molecule has 1 aliphatic rings. The molecular formula is C22H25FN2O5. The summed E-state index contributed by atoms with van der Waals surface area (Å²) < 4.78 is 28.7. The summed E-state index contributed by atoms with van der Waals surface area (Å²) >= 11 is 0. The highest BCUT2D eigenvalue weighted by atomic mass is 19.1. The Balaban J connectivity index is 1.33. The molecule has 0 spiro atoms. The van der Waals surface area contributed by atoms with Crippen molar-refractivity contribution in [2.75, 3.05) is 51.4 Å². The van der Waals surface area contributed by atoms with E-state index in [-0.39, 0.29) is 31.4 Å². The quantitative estimate of drug-likeness (QED) is 0.616. The monoisotopic (exact) mass is 416 g/mol. The predicted octanol–water partition coefficient (Wildman–Crippen LogP) is 2.50. The van der Waals surface area contributed by atoms with Crippen LogP contribution in [-0.2, 0) is 14.3 Å². The molecule has 160 valence electrons. The first-order chi connectivity index (χ1) is 14.5. The lowest BCUT2D eigenvalue weighted by Crippen LogP contribution is -2.49. The number of benzene rings is 2. The maximum Gasteiger partial charge on any atom is 0.309 e. The maximum absolute atomic E-state index is 13.0. The molecule has 0 aromatic heterocycles. The molecule has 0 aliphatic carbocycles. The fourth-order valence-electron chi connectivity index (χ4n) is 3.10. The van der Waals surface area contributed by atoms with Crippen LogP contribution in [0.3, 0.4) is 0 Å². The van der Waals surface area contributed by atoms with E-state index in [0.717, 1.165) is 11.4 Å². The largest absolute Gasteiger partial charge is 0.497 e. The molecule has 2 aromatic carbocycles. The number of amides is 1. The van der Waals surface area contributed by atoms with Gasteiger partial charge in [0, 0.05) is 31.9 Å². The maximum atomic E-state index is 13.0. The van der Waals surface area contributed by atoms with Crippen molar-refractivity contribution in [1.29, 1.82) is 0 Å². The third kappa shape index (κ3) is 6.10. The molecule has 1 saturated heterocycles. The molecule has 2 aromatic rings. The van der Waals surface area contributed by atoms with Crippen LogP contribution in [0.2, 0.25) is 0 Å². The van der Waals surface area contributed by atoms with Gasteiger partial charge in [-0.05, 0) is 48.5 Å². The smallest absolute Gasteiger partial charge is 0.309 e. The highest BCUT2D eigenvalue weighted by molar-refractivity contribution is 5.81. The molecule has 0 unspecified atom stereocenters. The van der Waals surface area contributed by atoms with Gasteiger partial charge in [-0.2, -0.15) is 0 Å². The molecule has 0 saturated carbocycles. The average molecular weight is 416 g/mol. The Morgan fingerprint density at radius 1 is 0.933 bits per heavy atom. The van der Waals surface area contributed by atoms with Crippen LogP contribution in [0.25, 0.3) is 0 Å². The Morgan fingerprint density at radius 2 is 1.57 bits per heavy atom. The minimum Gasteiger partial charge on any atom is -0.497 e. The molecule has 8 heteroatoms. The van der Waals surface area contributed by atoms with Crippen LogP contribution in [0.4, 0.5) is 10.1 Å². The van der Waals surface area contributed by atoms with Crippen LogP contribution in [0, 0.1) is 5.82 Å². The van der Waals surface area contributed by atoms with Crippen molar-refractivity contribution >= 4 is 17.6 Å². The minimum atomic E-state index is -0.484. The zero-order valence-corrected chi connectivity index (χ0v) is 16.9. The number of methoxy groups -OCH3 is 1. The molecule has 0 atom stereocenters. The third-order valence-electron chi connectivity index (χ3n) is 4.82. The molecular weight excluding hydrogens is 391 g/mol. The van der Waals surface area contributed by atoms with Gasteiger partial charge in [0.15, 0.2) is 6.61 Å². The van der Waals surface area contributed by atoms with Gasteiger partial charge in [0.2, 0.25) is 0 Å². The van der Waals surface area contributed by atoms with E-state index in [2.05, 4.69) is 4.90 Å². The second-order valence-electron chi connectivity index (χ2n) is 6.78. The van der Waals surface area contributed by atoms with Crippen LogP contribution >= 0.6 is 0 Å². The molecule has 1 fully saturated rings. The van der Waals surface area contributed by atoms with Gasteiger partial charge in [0.25, 0.3) is 5.91 Å². The lowest BCUT2D eigenvalue weighted by molar-refractivity contribution is -0.152. The van der Waals surface area contributed by atoms with Crippen molar-refractivity contribution in [3.8, 4) is 11.5 Å². The molecule has 30 heavy (non-hydrogen) atoms. The number of halogens is 1. The van der Waals surface area contributed by atoms with E-state index in [9.17, 15) is 14.0 Å². The number of carbonyl (C=O) groups is 2. The van der Waals surface area contributed by atoms with Gasteiger partial charge < -0.3 is 24.0 Å². The molecule has 0 radical (unpaired) electrons. The van der Waals surface area contributed by atoms with Crippen molar-refractivity contribution in [2.45, 2.75) is 6.42 Å². The van der Waals surface area contributed by atoms with Gasteiger partial charge in [0.1, 0.15) is 17.3 Å². The molecule has 7 nitrogen and oxygen atoms in total. The second kappa shape index (κ2) is 10.5. The van der Waals surface area contributed by atoms with E-state index in [1.54, 1.807) is 48.4 Å². The Bertz CT molecular complexity index is 834. The Morgan fingerprint density at radius 3 is 2.20 bits per heavy atom. The fourth-order valence-corrected chi connectivity index (χ4v) is 3.10. The third-order valence-corrected chi connectivity index (χ3v) is 4.82. The topological polar surface area (TPSA) is 68.3 Å². The Hall–Kier alpha value is -3.29. The standard InChI is InChI=1S/C22H25FN2O5/c1-28-19-6-8-20(9-7-19)29-15-10-22(27)30-16-21(26)25-13-11-24(12-14-25)18-4-2-17(23)3-5-18/h2-9H,10-16H2,1H3. The first-order valence-electron chi connectivity index (χ1n) is 9.76. The number of carbonyl (C=O) groups excluding carboxylic acids is 2. The molecule has 1 heterocycles. The van der Waals surface area contributed by atoms with Crippen molar-refractivity contribution in [1.82, 2.24) is 4.90 Å². The van der Waals surface area contributed by atoms with E-state index in [4.69, 9.17) is 14.2 Å². The number of esters is 1. The molecule has 0 bridgehead atoms. The molecule has 0 N–H and O–H groups in total. The van der Waals surface area contributed by atoms with Gasteiger partial charge >= 0.3 is 5.97 Å². The lowest BCUT2D eigenvalue weighted by Gasteiger charge is -2.36. The summed E-state index contributed by atoms with van der Waals surface area (Å²) in [4.78, 5) is 27.9. The van der Waals surface area contributed by atoms with E-state index in [0.29, 0.717) is 31.9 Å². The second-order valence-corrected chi connectivity index (χ2v) is 6.78. The first-order valence-corrected chi connectivity index (χ1v) is 9.76. The van der Waals surface area contributed by atoms with Gasteiger partial charge in [0.05, 0.1) is 20.1 Å². The van der Waals surface area contributed by atoms with Gasteiger partial charge in [-0.25, -0.2) is 4.39 Å². The molecule has 1 aliphatic heterocycles. The van der Waals surface area contributed by atoms with E-state index < -0.39 is 5.97 Å². The van der Waals surface area contributed by atoms with Crippen molar-refractivity contribution in [2.24, 2.45) is 0 Å². The summed E-state index contributed by atoms with van der Waals surface area (Å²) in [6.45, 7) is 2.21. The lowest BCUT2D eigenvalue weighted by atomic mass is 10.2. The van der Waals surface area contributed by atoms with Crippen LogP contribution in [0.15, 0.2) is 48.5 Å².